The molecule has 0 saturated heterocycles. The maximum atomic E-state index is 11.8. The van der Waals surface area contributed by atoms with Gasteiger partial charge in [0.2, 0.25) is 0 Å². The Morgan fingerprint density at radius 2 is 2.43 bits per heavy atom. The minimum absolute atomic E-state index is 0.124. The van der Waals surface area contributed by atoms with Gasteiger partial charge >= 0.3 is 0 Å². The van der Waals surface area contributed by atoms with E-state index in [4.69, 9.17) is 5.26 Å². The monoisotopic (exact) mass is 191 g/mol. The van der Waals surface area contributed by atoms with E-state index in [1.165, 1.54) is 0 Å². The summed E-state index contributed by atoms with van der Waals surface area (Å²) in [5.74, 6) is -0.668. The van der Waals surface area contributed by atoms with Gasteiger partial charge in [-0.15, -0.1) is 0 Å². The van der Waals surface area contributed by atoms with Crippen molar-refractivity contribution in [3.8, 4) is 6.07 Å². The van der Waals surface area contributed by atoms with E-state index in [0.717, 1.165) is 0 Å². The standard InChI is InChI=1S/C10H13N3O/c1-4-8(5-11)10(14)9-6-13(3)12-7(9)2/h6,8H,4H2,1-3H3. The molecular formula is C10H13N3O. The molecule has 1 aromatic rings. The van der Waals surface area contributed by atoms with E-state index in [0.29, 0.717) is 17.7 Å². The summed E-state index contributed by atoms with van der Waals surface area (Å²) >= 11 is 0. The predicted molar refractivity (Wildman–Crippen MR) is 51.7 cm³/mol. The van der Waals surface area contributed by atoms with Gasteiger partial charge in [0, 0.05) is 13.2 Å². The van der Waals surface area contributed by atoms with Gasteiger partial charge < -0.3 is 0 Å². The SMILES string of the molecule is CCC(C#N)C(=O)c1cn(C)nc1C. The second-order valence-corrected chi connectivity index (χ2v) is 3.26. The Morgan fingerprint density at radius 3 is 2.79 bits per heavy atom. The van der Waals surface area contributed by atoms with Gasteiger partial charge in [-0.1, -0.05) is 6.92 Å². The van der Waals surface area contributed by atoms with Gasteiger partial charge in [-0.2, -0.15) is 10.4 Å². The number of aromatic nitrogens is 2. The van der Waals surface area contributed by atoms with E-state index >= 15 is 0 Å². The van der Waals surface area contributed by atoms with Crippen molar-refractivity contribution in [3.05, 3.63) is 17.5 Å². The molecule has 1 heterocycles. The molecule has 0 radical (unpaired) electrons. The van der Waals surface area contributed by atoms with Crippen LogP contribution in [0.15, 0.2) is 6.20 Å². The highest BCUT2D eigenvalue weighted by atomic mass is 16.1. The average Bonchev–Trinajstić information content (AvgIpc) is 2.47. The number of hydrogen-bond acceptors (Lipinski definition) is 3. The largest absolute Gasteiger partial charge is 0.293 e. The summed E-state index contributed by atoms with van der Waals surface area (Å²) in [6.07, 6.45) is 2.21. The van der Waals surface area contributed by atoms with Crippen molar-refractivity contribution in [2.45, 2.75) is 20.3 Å². The molecule has 1 rings (SSSR count). The fourth-order valence-electron chi connectivity index (χ4n) is 1.36. The molecule has 0 aliphatic heterocycles. The molecule has 0 saturated carbocycles. The zero-order chi connectivity index (χ0) is 10.7. The third kappa shape index (κ3) is 1.82. The number of carbonyl (C=O) groups is 1. The van der Waals surface area contributed by atoms with Crippen LogP contribution >= 0.6 is 0 Å². The maximum Gasteiger partial charge on any atom is 0.183 e. The zero-order valence-corrected chi connectivity index (χ0v) is 8.61. The summed E-state index contributed by atoms with van der Waals surface area (Å²) in [5, 5.41) is 12.8. The van der Waals surface area contributed by atoms with Gasteiger partial charge in [-0.25, -0.2) is 0 Å². The van der Waals surface area contributed by atoms with Crippen LogP contribution in [0.3, 0.4) is 0 Å². The number of rotatable bonds is 3. The van der Waals surface area contributed by atoms with Gasteiger partial charge in [0.15, 0.2) is 5.78 Å². The van der Waals surface area contributed by atoms with E-state index in [9.17, 15) is 4.79 Å². The third-order valence-electron chi connectivity index (χ3n) is 2.16. The Labute approximate surface area is 83.1 Å². The van der Waals surface area contributed by atoms with Gasteiger partial charge in [0.25, 0.3) is 0 Å². The number of carbonyl (C=O) groups excluding carboxylic acids is 1. The first-order valence-electron chi connectivity index (χ1n) is 4.54. The first-order chi connectivity index (χ1) is 6.60. The number of nitriles is 1. The first kappa shape index (κ1) is 10.5. The summed E-state index contributed by atoms with van der Waals surface area (Å²) in [6, 6.07) is 2.00. The molecule has 74 valence electrons. The molecule has 4 nitrogen and oxygen atoms in total. The molecule has 0 fully saturated rings. The van der Waals surface area contributed by atoms with Crippen molar-refractivity contribution in [2.75, 3.05) is 0 Å². The van der Waals surface area contributed by atoms with Crippen molar-refractivity contribution in [3.63, 3.8) is 0 Å². The zero-order valence-electron chi connectivity index (χ0n) is 8.61. The molecule has 0 aliphatic rings. The molecule has 0 N–H and O–H groups in total. The van der Waals surface area contributed by atoms with E-state index in [1.807, 2.05) is 13.0 Å². The molecule has 0 amide bonds. The molecule has 0 aromatic carbocycles. The lowest BCUT2D eigenvalue weighted by Crippen LogP contribution is -2.12. The van der Waals surface area contributed by atoms with E-state index in [2.05, 4.69) is 5.10 Å². The van der Waals surface area contributed by atoms with Gasteiger partial charge in [0.05, 0.1) is 17.3 Å². The summed E-state index contributed by atoms with van der Waals surface area (Å²) in [7, 11) is 1.76. The number of nitrogens with zero attached hydrogens (tertiary/aromatic N) is 3. The Kier molecular flexibility index (Phi) is 3.03. The molecular weight excluding hydrogens is 178 g/mol. The lowest BCUT2D eigenvalue weighted by Gasteiger charge is -2.02. The van der Waals surface area contributed by atoms with Crippen LogP contribution in [0.1, 0.15) is 29.4 Å². The minimum Gasteiger partial charge on any atom is -0.293 e. The first-order valence-corrected chi connectivity index (χ1v) is 4.54. The van der Waals surface area contributed by atoms with Crippen molar-refractivity contribution < 1.29 is 4.79 Å². The maximum absolute atomic E-state index is 11.8. The second kappa shape index (κ2) is 4.05. The van der Waals surface area contributed by atoms with Gasteiger partial charge in [-0.3, -0.25) is 9.48 Å². The molecule has 0 spiro atoms. The summed E-state index contributed by atoms with van der Waals surface area (Å²) in [4.78, 5) is 11.8. The highest BCUT2D eigenvalue weighted by Gasteiger charge is 2.21. The third-order valence-corrected chi connectivity index (χ3v) is 2.16. The molecule has 14 heavy (non-hydrogen) atoms. The van der Waals surface area contributed by atoms with Crippen molar-refractivity contribution >= 4 is 5.78 Å². The van der Waals surface area contributed by atoms with Crippen LogP contribution in [0.5, 0.6) is 0 Å². The normalized spacial score (nSPS) is 12.1. The molecule has 4 heteroatoms. The average molecular weight is 191 g/mol. The van der Waals surface area contributed by atoms with Crippen LogP contribution in [-0.4, -0.2) is 15.6 Å². The van der Waals surface area contributed by atoms with Crippen LogP contribution in [0.25, 0.3) is 0 Å². The Balaban J connectivity index is 3.01. The van der Waals surface area contributed by atoms with Crippen LogP contribution < -0.4 is 0 Å². The molecule has 1 atom stereocenters. The van der Waals surface area contributed by atoms with Crippen LogP contribution in [0.4, 0.5) is 0 Å². The number of aryl methyl sites for hydroxylation is 2. The van der Waals surface area contributed by atoms with E-state index < -0.39 is 5.92 Å². The number of ketones is 1. The smallest absolute Gasteiger partial charge is 0.183 e. The van der Waals surface area contributed by atoms with Crippen molar-refractivity contribution in [2.24, 2.45) is 13.0 Å². The lowest BCUT2D eigenvalue weighted by molar-refractivity contribution is 0.0946. The Morgan fingerprint density at radius 1 is 1.79 bits per heavy atom. The Hall–Kier alpha value is -1.63. The molecule has 1 unspecified atom stereocenters. The second-order valence-electron chi connectivity index (χ2n) is 3.26. The van der Waals surface area contributed by atoms with Crippen molar-refractivity contribution in [1.82, 2.24) is 9.78 Å². The summed E-state index contributed by atoms with van der Waals surface area (Å²) < 4.78 is 1.59. The van der Waals surface area contributed by atoms with Crippen LogP contribution in [-0.2, 0) is 7.05 Å². The topological polar surface area (TPSA) is 58.7 Å². The number of Topliss-reactive ketones (excluding diaryl/α,β-unsaturated/α-hetero) is 1. The quantitative estimate of drug-likeness (QED) is 0.679. The van der Waals surface area contributed by atoms with Gasteiger partial charge in [0.1, 0.15) is 5.92 Å². The molecule has 0 aliphatic carbocycles. The van der Waals surface area contributed by atoms with E-state index in [-0.39, 0.29) is 5.78 Å². The van der Waals surface area contributed by atoms with Crippen LogP contribution in [0.2, 0.25) is 0 Å². The predicted octanol–water partition coefficient (Wildman–Crippen LogP) is 1.46. The minimum atomic E-state index is -0.544. The highest BCUT2D eigenvalue weighted by Crippen LogP contribution is 2.14. The summed E-state index contributed by atoms with van der Waals surface area (Å²) in [5.41, 5.74) is 1.24. The number of hydrogen-bond donors (Lipinski definition) is 0. The molecule has 1 aromatic heterocycles. The van der Waals surface area contributed by atoms with E-state index in [1.54, 1.807) is 24.9 Å². The summed E-state index contributed by atoms with van der Waals surface area (Å²) in [6.45, 7) is 3.61. The fraction of sp³-hybridized carbons (Fsp3) is 0.500. The Bertz CT molecular complexity index is 387. The van der Waals surface area contributed by atoms with Crippen molar-refractivity contribution in [1.29, 1.82) is 5.26 Å². The van der Waals surface area contributed by atoms with Crippen LogP contribution in [0, 0.1) is 24.2 Å². The van der Waals surface area contributed by atoms with Gasteiger partial charge in [-0.05, 0) is 13.3 Å². The highest BCUT2D eigenvalue weighted by molar-refractivity contribution is 6.00. The molecule has 0 bridgehead atoms. The lowest BCUT2D eigenvalue weighted by atomic mass is 9.97. The fourth-order valence-corrected chi connectivity index (χ4v) is 1.36.